The monoisotopic (exact) mass is 277 g/mol. The number of hydrogen-bond donors (Lipinski definition) is 3. The highest BCUT2D eigenvalue weighted by atomic mass is 16.5. The van der Waals surface area contributed by atoms with E-state index in [1.165, 1.54) is 6.42 Å². The highest BCUT2D eigenvalue weighted by molar-refractivity contribution is 5.99. The molecule has 1 heterocycles. The van der Waals surface area contributed by atoms with Gasteiger partial charge in [0, 0.05) is 13.2 Å². The first-order valence-electron chi connectivity index (χ1n) is 7.18. The third-order valence-corrected chi connectivity index (χ3v) is 3.60. The molecule has 0 aromatic heterocycles. The summed E-state index contributed by atoms with van der Waals surface area (Å²) in [5.74, 6) is 5.35. The lowest BCUT2D eigenvalue weighted by Gasteiger charge is -2.22. The van der Waals surface area contributed by atoms with E-state index in [1.54, 1.807) is 6.07 Å². The number of carbonyl (C=O) groups excluding carboxylic acids is 1. The first kappa shape index (κ1) is 14.8. The second kappa shape index (κ2) is 7.26. The molecule has 5 heteroatoms. The van der Waals surface area contributed by atoms with E-state index in [2.05, 4.69) is 10.7 Å². The fourth-order valence-corrected chi connectivity index (χ4v) is 2.45. The van der Waals surface area contributed by atoms with Gasteiger partial charge in [-0.25, -0.2) is 0 Å². The lowest BCUT2D eigenvalue weighted by molar-refractivity contribution is 0.0117. The van der Waals surface area contributed by atoms with Crippen LogP contribution in [0.25, 0.3) is 0 Å². The van der Waals surface area contributed by atoms with Crippen molar-refractivity contribution in [2.75, 3.05) is 18.6 Å². The van der Waals surface area contributed by atoms with E-state index in [4.69, 9.17) is 10.6 Å². The number of rotatable bonds is 5. The molecular weight excluding hydrogens is 254 g/mol. The van der Waals surface area contributed by atoms with Crippen molar-refractivity contribution in [3.05, 3.63) is 29.3 Å². The van der Waals surface area contributed by atoms with E-state index in [0.717, 1.165) is 31.4 Å². The maximum atomic E-state index is 12.1. The van der Waals surface area contributed by atoms with Crippen molar-refractivity contribution in [2.24, 2.45) is 5.84 Å². The summed E-state index contributed by atoms with van der Waals surface area (Å²) < 4.78 is 5.64. The Hall–Kier alpha value is -1.59. The summed E-state index contributed by atoms with van der Waals surface area (Å²) >= 11 is 0. The average Bonchev–Trinajstić information content (AvgIpc) is 2.48. The predicted molar refractivity (Wildman–Crippen MR) is 79.5 cm³/mol. The van der Waals surface area contributed by atoms with Gasteiger partial charge in [-0.05, 0) is 50.3 Å². The molecular formula is C15H23N3O2. The van der Waals surface area contributed by atoms with Crippen molar-refractivity contribution < 1.29 is 9.53 Å². The van der Waals surface area contributed by atoms with Crippen LogP contribution in [0.4, 0.5) is 5.69 Å². The Morgan fingerprint density at radius 3 is 3.00 bits per heavy atom. The second-order valence-corrected chi connectivity index (χ2v) is 5.23. The van der Waals surface area contributed by atoms with Crippen LogP contribution in [0, 0.1) is 6.92 Å². The molecule has 1 aromatic carbocycles. The van der Waals surface area contributed by atoms with Gasteiger partial charge in [-0.2, -0.15) is 0 Å². The molecule has 1 aliphatic heterocycles. The number of ether oxygens (including phenoxy) is 1. The zero-order valence-electron chi connectivity index (χ0n) is 11.9. The zero-order chi connectivity index (χ0) is 14.4. The number of nitrogen functional groups attached to an aromatic ring is 1. The van der Waals surface area contributed by atoms with Gasteiger partial charge in [0.2, 0.25) is 0 Å². The summed E-state index contributed by atoms with van der Waals surface area (Å²) in [6.07, 6.45) is 4.61. The van der Waals surface area contributed by atoms with Crippen LogP contribution in [-0.4, -0.2) is 25.2 Å². The van der Waals surface area contributed by atoms with Gasteiger partial charge < -0.3 is 15.5 Å². The van der Waals surface area contributed by atoms with Crippen LogP contribution in [-0.2, 0) is 4.74 Å². The molecule has 1 amide bonds. The smallest absolute Gasteiger partial charge is 0.253 e. The maximum absolute atomic E-state index is 12.1. The fraction of sp³-hybridized carbons (Fsp3) is 0.533. The quantitative estimate of drug-likeness (QED) is 0.568. The molecule has 0 radical (unpaired) electrons. The molecule has 2 rings (SSSR count). The maximum Gasteiger partial charge on any atom is 0.253 e. The minimum Gasteiger partial charge on any atom is -0.378 e. The zero-order valence-corrected chi connectivity index (χ0v) is 11.9. The lowest BCUT2D eigenvalue weighted by Crippen LogP contribution is -2.30. The molecule has 1 unspecified atom stereocenters. The van der Waals surface area contributed by atoms with Gasteiger partial charge in [-0.15, -0.1) is 0 Å². The van der Waals surface area contributed by atoms with Crippen molar-refractivity contribution in [2.45, 2.75) is 38.7 Å². The molecule has 0 bridgehead atoms. The van der Waals surface area contributed by atoms with Crippen LogP contribution >= 0.6 is 0 Å². The third kappa shape index (κ3) is 3.95. The summed E-state index contributed by atoms with van der Waals surface area (Å²) in [5.41, 5.74) is 4.85. The van der Waals surface area contributed by atoms with E-state index in [9.17, 15) is 4.79 Å². The summed E-state index contributed by atoms with van der Waals surface area (Å²) in [6, 6.07) is 5.55. The Balaban J connectivity index is 1.85. The minimum absolute atomic E-state index is 0.103. The van der Waals surface area contributed by atoms with Gasteiger partial charge in [-0.1, -0.05) is 6.07 Å². The van der Waals surface area contributed by atoms with Crippen molar-refractivity contribution in [3.8, 4) is 0 Å². The molecule has 0 spiro atoms. The summed E-state index contributed by atoms with van der Waals surface area (Å²) in [5, 5.41) is 2.93. The summed E-state index contributed by atoms with van der Waals surface area (Å²) in [4.78, 5) is 12.1. The first-order chi connectivity index (χ1) is 9.70. The molecule has 0 aliphatic carbocycles. The number of nitrogens with one attached hydrogen (secondary N) is 2. The number of hydrazine groups is 1. The van der Waals surface area contributed by atoms with E-state index in [1.807, 2.05) is 19.1 Å². The van der Waals surface area contributed by atoms with Crippen molar-refractivity contribution in [1.82, 2.24) is 5.32 Å². The Morgan fingerprint density at radius 2 is 2.30 bits per heavy atom. The molecule has 1 saturated heterocycles. The Kier molecular flexibility index (Phi) is 5.38. The van der Waals surface area contributed by atoms with E-state index < -0.39 is 0 Å². The standard InChI is InChI=1S/C15H23N3O2/c1-11-5-6-13(14(10-11)18-16)15(19)17-8-7-12-4-2-3-9-20-12/h5-6,10,12,18H,2-4,7-9,16H2,1H3,(H,17,19). The number of aryl methyl sites for hydroxylation is 1. The largest absolute Gasteiger partial charge is 0.378 e. The van der Waals surface area contributed by atoms with E-state index in [0.29, 0.717) is 17.8 Å². The van der Waals surface area contributed by atoms with Crippen molar-refractivity contribution >= 4 is 11.6 Å². The highest BCUT2D eigenvalue weighted by Crippen LogP contribution is 2.17. The number of anilines is 1. The molecule has 1 fully saturated rings. The van der Waals surface area contributed by atoms with E-state index >= 15 is 0 Å². The average molecular weight is 277 g/mol. The molecule has 110 valence electrons. The van der Waals surface area contributed by atoms with Crippen LogP contribution < -0.4 is 16.6 Å². The Bertz CT molecular complexity index is 456. The topological polar surface area (TPSA) is 76.4 Å². The molecule has 20 heavy (non-hydrogen) atoms. The van der Waals surface area contributed by atoms with Crippen LogP contribution in [0.3, 0.4) is 0 Å². The minimum atomic E-state index is -0.103. The molecule has 0 saturated carbocycles. The van der Waals surface area contributed by atoms with Gasteiger partial charge in [0.1, 0.15) is 0 Å². The molecule has 1 aliphatic rings. The molecule has 4 N–H and O–H groups in total. The third-order valence-electron chi connectivity index (χ3n) is 3.60. The Labute approximate surface area is 119 Å². The van der Waals surface area contributed by atoms with Gasteiger partial charge in [0.05, 0.1) is 17.4 Å². The summed E-state index contributed by atoms with van der Waals surface area (Å²) in [6.45, 7) is 3.43. The van der Waals surface area contributed by atoms with E-state index in [-0.39, 0.29) is 12.0 Å². The number of carbonyl (C=O) groups is 1. The first-order valence-corrected chi connectivity index (χ1v) is 7.18. The predicted octanol–water partition coefficient (Wildman–Crippen LogP) is 1.97. The normalized spacial score (nSPS) is 18.6. The molecule has 1 atom stereocenters. The SMILES string of the molecule is Cc1ccc(C(=O)NCCC2CCCCO2)c(NN)c1. The number of amides is 1. The fourth-order valence-electron chi connectivity index (χ4n) is 2.45. The van der Waals surface area contributed by atoms with Gasteiger partial charge >= 0.3 is 0 Å². The highest BCUT2D eigenvalue weighted by Gasteiger charge is 2.15. The van der Waals surface area contributed by atoms with Crippen LogP contribution in [0.5, 0.6) is 0 Å². The lowest BCUT2D eigenvalue weighted by atomic mass is 10.1. The van der Waals surface area contributed by atoms with Gasteiger partial charge in [0.25, 0.3) is 5.91 Å². The summed E-state index contributed by atoms with van der Waals surface area (Å²) in [7, 11) is 0. The van der Waals surface area contributed by atoms with Gasteiger partial charge in [-0.3, -0.25) is 10.6 Å². The Morgan fingerprint density at radius 1 is 1.45 bits per heavy atom. The number of nitrogens with two attached hydrogens (primary N) is 1. The van der Waals surface area contributed by atoms with Gasteiger partial charge in [0.15, 0.2) is 0 Å². The number of hydrogen-bond acceptors (Lipinski definition) is 4. The number of benzene rings is 1. The molecule has 5 nitrogen and oxygen atoms in total. The van der Waals surface area contributed by atoms with Crippen LogP contribution in [0.2, 0.25) is 0 Å². The van der Waals surface area contributed by atoms with Crippen LogP contribution in [0.1, 0.15) is 41.6 Å². The van der Waals surface area contributed by atoms with Crippen LogP contribution in [0.15, 0.2) is 18.2 Å². The molecule has 1 aromatic rings. The van der Waals surface area contributed by atoms with Crippen molar-refractivity contribution in [3.63, 3.8) is 0 Å². The second-order valence-electron chi connectivity index (χ2n) is 5.23. The van der Waals surface area contributed by atoms with Crippen molar-refractivity contribution in [1.29, 1.82) is 0 Å².